The van der Waals surface area contributed by atoms with Crippen LogP contribution in [-0.2, 0) is 11.7 Å². The molecule has 3 heteroatoms. The van der Waals surface area contributed by atoms with Crippen LogP contribution in [0.1, 0.15) is 5.56 Å². The van der Waals surface area contributed by atoms with Crippen molar-refractivity contribution in [3.63, 3.8) is 0 Å². The molecule has 1 rings (SSSR count). The highest BCUT2D eigenvalue weighted by Gasteiger charge is 1.97. The zero-order chi connectivity index (χ0) is 7.56. The van der Waals surface area contributed by atoms with Crippen molar-refractivity contribution in [1.82, 2.24) is 0 Å². The van der Waals surface area contributed by atoms with Gasteiger partial charge in [0.2, 0.25) is 0 Å². The Bertz CT molecular complexity index is 237. The first-order chi connectivity index (χ1) is 4.74. The van der Waals surface area contributed by atoms with Crippen molar-refractivity contribution in [3.05, 3.63) is 31.8 Å². The number of hydrogen-bond acceptors (Lipinski definition) is 0. The van der Waals surface area contributed by atoms with Crippen LogP contribution in [0, 0.1) is 3.57 Å². The van der Waals surface area contributed by atoms with Crippen LogP contribution in [0.4, 0.5) is 0 Å². The normalized spacial score (nSPS) is 9.90. The van der Waals surface area contributed by atoms with Crippen molar-refractivity contribution in [2.75, 3.05) is 0 Å². The first-order valence-electron chi connectivity index (χ1n) is 2.76. The second-order valence-electron chi connectivity index (χ2n) is 1.88. The number of rotatable bonds is 1. The van der Waals surface area contributed by atoms with Crippen LogP contribution in [0.3, 0.4) is 0 Å². The van der Waals surface area contributed by atoms with Crippen molar-refractivity contribution >= 4 is 38.5 Å². The number of benzene rings is 1. The molecule has 1 radical (unpaired) electrons. The van der Waals surface area contributed by atoms with Gasteiger partial charge < -0.3 is 0 Å². The summed E-state index contributed by atoms with van der Waals surface area (Å²) in [6.45, 7) is -0.155. The van der Waals surface area contributed by atoms with E-state index in [0.717, 1.165) is 13.6 Å². The largest absolute Gasteiger partial charge is 0.232 e. The molecule has 0 aliphatic rings. The third-order valence-corrected chi connectivity index (χ3v) is 2.61. The molecule has 0 amide bonds. The van der Waals surface area contributed by atoms with Gasteiger partial charge in [-0.1, -0.05) is 15.9 Å². The van der Waals surface area contributed by atoms with Crippen molar-refractivity contribution in [2.24, 2.45) is 0 Å². The molecule has 1 aromatic rings. The van der Waals surface area contributed by atoms with Gasteiger partial charge in [0.1, 0.15) is 6.61 Å². The van der Waals surface area contributed by atoms with Crippen LogP contribution in [0.2, 0.25) is 0 Å². The summed E-state index contributed by atoms with van der Waals surface area (Å²) < 4.78 is 2.01. The van der Waals surface area contributed by atoms with Gasteiger partial charge in [-0.05, 0) is 46.4 Å². The molecule has 0 N–H and O–H groups in total. The molecular weight excluding hydrogens is 307 g/mol. The number of hydrogen-bond donors (Lipinski definition) is 0. The summed E-state index contributed by atoms with van der Waals surface area (Å²) in [6, 6.07) is 5.75. The van der Waals surface area contributed by atoms with Crippen LogP contribution in [0.15, 0.2) is 22.7 Å². The molecular formula is C7H5BrIO. The van der Waals surface area contributed by atoms with Crippen LogP contribution in [0.5, 0.6) is 0 Å². The molecule has 10 heavy (non-hydrogen) atoms. The molecule has 53 valence electrons. The van der Waals surface area contributed by atoms with Crippen LogP contribution >= 0.6 is 38.5 Å². The van der Waals surface area contributed by atoms with Gasteiger partial charge in [-0.3, -0.25) is 0 Å². The lowest BCUT2D eigenvalue weighted by Gasteiger charge is -1.98. The molecule has 0 aromatic heterocycles. The quantitative estimate of drug-likeness (QED) is 0.711. The molecule has 0 aliphatic heterocycles. The fraction of sp³-hybridized carbons (Fsp3) is 0.143. The lowest BCUT2D eigenvalue weighted by molar-refractivity contribution is 0.177. The van der Waals surface area contributed by atoms with Gasteiger partial charge in [-0.2, -0.15) is 0 Å². The lowest BCUT2D eigenvalue weighted by Crippen LogP contribution is -1.83. The molecule has 0 bridgehead atoms. The van der Waals surface area contributed by atoms with E-state index in [0.29, 0.717) is 0 Å². The third kappa shape index (κ3) is 1.93. The maximum atomic E-state index is 10.5. The average molecular weight is 312 g/mol. The standard InChI is InChI=1S/C7H5BrIO/c8-7-2-1-6(9)3-5(7)4-10/h1-3H,4H2. The summed E-state index contributed by atoms with van der Waals surface area (Å²) >= 11 is 5.47. The van der Waals surface area contributed by atoms with Gasteiger partial charge in [0.25, 0.3) is 0 Å². The van der Waals surface area contributed by atoms with Crippen molar-refractivity contribution in [3.8, 4) is 0 Å². The average Bonchev–Trinajstić information content (AvgIpc) is 1.94. The molecule has 0 saturated carbocycles. The van der Waals surface area contributed by atoms with E-state index in [9.17, 15) is 5.11 Å². The Morgan fingerprint density at radius 3 is 2.70 bits per heavy atom. The van der Waals surface area contributed by atoms with Gasteiger partial charge in [-0.15, -0.1) is 0 Å². The van der Waals surface area contributed by atoms with Gasteiger partial charge in [0, 0.05) is 8.04 Å². The second-order valence-corrected chi connectivity index (χ2v) is 3.98. The highest BCUT2D eigenvalue weighted by atomic mass is 127. The summed E-state index contributed by atoms with van der Waals surface area (Å²) in [5, 5.41) is 10.5. The highest BCUT2D eigenvalue weighted by Crippen LogP contribution is 2.19. The minimum absolute atomic E-state index is 0.155. The Morgan fingerprint density at radius 2 is 2.20 bits per heavy atom. The predicted molar refractivity (Wildman–Crippen MR) is 51.2 cm³/mol. The van der Waals surface area contributed by atoms with E-state index in [1.54, 1.807) is 0 Å². The van der Waals surface area contributed by atoms with E-state index in [1.165, 1.54) is 0 Å². The summed E-state index contributed by atoms with van der Waals surface area (Å²) in [5.41, 5.74) is 0.826. The van der Waals surface area contributed by atoms with E-state index >= 15 is 0 Å². The summed E-state index contributed by atoms with van der Waals surface area (Å²) in [7, 11) is 0. The zero-order valence-corrected chi connectivity index (χ0v) is 8.85. The van der Waals surface area contributed by atoms with Gasteiger partial charge in [0.05, 0.1) is 0 Å². The minimum atomic E-state index is -0.155. The fourth-order valence-corrected chi connectivity index (χ4v) is 1.57. The predicted octanol–water partition coefficient (Wildman–Crippen LogP) is 2.98. The molecule has 0 unspecified atom stereocenters. The van der Waals surface area contributed by atoms with Gasteiger partial charge in [0.15, 0.2) is 0 Å². The first kappa shape index (κ1) is 8.49. The summed E-state index contributed by atoms with van der Waals surface area (Å²) in [6.07, 6.45) is 0. The van der Waals surface area contributed by atoms with Crippen LogP contribution in [0.25, 0.3) is 0 Å². The monoisotopic (exact) mass is 311 g/mol. The molecule has 1 nitrogen and oxygen atoms in total. The Hall–Kier alpha value is 0.390. The van der Waals surface area contributed by atoms with Crippen LogP contribution < -0.4 is 0 Å². The minimum Gasteiger partial charge on any atom is -0.232 e. The molecule has 0 heterocycles. The van der Waals surface area contributed by atoms with Crippen molar-refractivity contribution < 1.29 is 5.11 Å². The lowest BCUT2D eigenvalue weighted by atomic mass is 10.2. The van der Waals surface area contributed by atoms with E-state index in [1.807, 2.05) is 18.2 Å². The van der Waals surface area contributed by atoms with Gasteiger partial charge >= 0.3 is 0 Å². The Balaban J connectivity index is 3.09. The molecule has 1 aromatic carbocycles. The smallest absolute Gasteiger partial charge is 0.108 e. The van der Waals surface area contributed by atoms with Crippen molar-refractivity contribution in [2.45, 2.75) is 6.61 Å². The van der Waals surface area contributed by atoms with Crippen molar-refractivity contribution in [1.29, 1.82) is 0 Å². The first-order valence-corrected chi connectivity index (χ1v) is 4.63. The molecule has 0 fully saturated rings. The van der Waals surface area contributed by atoms with E-state index in [-0.39, 0.29) is 6.61 Å². The van der Waals surface area contributed by atoms with E-state index in [2.05, 4.69) is 38.5 Å². The van der Waals surface area contributed by atoms with Crippen LogP contribution in [-0.4, -0.2) is 0 Å². The molecule has 0 saturated heterocycles. The maximum absolute atomic E-state index is 10.5. The highest BCUT2D eigenvalue weighted by molar-refractivity contribution is 14.1. The molecule has 0 spiro atoms. The maximum Gasteiger partial charge on any atom is 0.108 e. The van der Waals surface area contributed by atoms with E-state index < -0.39 is 0 Å². The summed E-state index contributed by atoms with van der Waals surface area (Å²) in [4.78, 5) is 0. The number of halogens is 2. The SMILES string of the molecule is [O]Cc1cc(I)ccc1Br. The van der Waals surface area contributed by atoms with Gasteiger partial charge in [-0.25, -0.2) is 5.11 Å². The molecule has 0 atom stereocenters. The third-order valence-electron chi connectivity index (χ3n) is 1.16. The fourth-order valence-electron chi connectivity index (χ4n) is 0.654. The molecule has 0 aliphatic carbocycles. The summed E-state index contributed by atoms with van der Waals surface area (Å²) in [5.74, 6) is 0. The zero-order valence-electron chi connectivity index (χ0n) is 5.10. The Labute approximate surface area is 81.7 Å². The second kappa shape index (κ2) is 3.69. The van der Waals surface area contributed by atoms with E-state index in [4.69, 9.17) is 0 Å². The topological polar surface area (TPSA) is 19.9 Å². The Kier molecular flexibility index (Phi) is 3.13. The Morgan fingerprint density at radius 1 is 1.50 bits per heavy atom.